The summed E-state index contributed by atoms with van der Waals surface area (Å²) in [4.78, 5) is 39.2. The maximum atomic E-state index is 12.9. The number of rotatable bonds is 7. The molecule has 2 bridgehead atoms. The molecular weight excluding hydrogens is 518 g/mol. The number of aliphatic carboxylic acids is 1. The number of hydrogen-bond acceptors (Lipinski definition) is 9. The minimum absolute atomic E-state index is 0.0271. The van der Waals surface area contributed by atoms with Gasteiger partial charge in [-0.3, -0.25) is 9.59 Å². The Balaban J connectivity index is 1.21. The van der Waals surface area contributed by atoms with E-state index in [-0.39, 0.29) is 36.8 Å². The van der Waals surface area contributed by atoms with E-state index in [0.717, 1.165) is 24.1 Å². The quantitative estimate of drug-likeness (QED) is 0.441. The van der Waals surface area contributed by atoms with Gasteiger partial charge in [-0.1, -0.05) is 36.4 Å². The first-order chi connectivity index (χ1) is 19.2. The molecule has 1 saturated heterocycles. The van der Waals surface area contributed by atoms with Gasteiger partial charge in [-0.05, 0) is 50.6 Å². The molecule has 0 aromatic heterocycles. The van der Waals surface area contributed by atoms with E-state index < -0.39 is 41.1 Å². The zero-order chi connectivity index (χ0) is 28.2. The summed E-state index contributed by atoms with van der Waals surface area (Å²) in [6.07, 6.45) is 0.859. The summed E-state index contributed by atoms with van der Waals surface area (Å²) in [5.41, 5.74) is -0.00120. The Hall–Kier alpha value is -3.89. The minimum atomic E-state index is -1.48. The van der Waals surface area contributed by atoms with E-state index >= 15 is 0 Å². The van der Waals surface area contributed by atoms with E-state index in [1.165, 1.54) is 0 Å². The number of phenols is 1. The number of nitrogens with zero attached hydrogens (tertiary/aromatic N) is 1. The highest BCUT2D eigenvalue weighted by Gasteiger charge is 2.71. The van der Waals surface area contributed by atoms with E-state index in [1.54, 1.807) is 42.5 Å². The highest BCUT2D eigenvalue weighted by Crippen LogP contribution is 2.64. The van der Waals surface area contributed by atoms with Crippen LogP contribution in [0.15, 0.2) is 54.3 Å². The second-order valence-electron chi connectivity index (χ2n) is 11.0. The van der Waals surface area contributed by atoms with Crippen molar-refractivity contribution in [1.82, 2.24) is 4.90 Å². The standard InChI is InChI=1S/C30H31NO9/c1-31-15-5-13-29-24-18-8-9-19(32)26(24)40-27(29)20(12-14-30(29,37)21(31)16-18)38-22(33)10-11-23(34)39-25(28(35)36)17-6-3-2-4-7-17/h2-4,6-9,12,21,25,27,32,37H,5,10-11,13-16H2,1H3,(H,35,36)/t21-,25+,27+,29+,30-/m1/s1. The molecule has 1 spiro atoms. The molecule has 0 radical (unpaired) electrons. The molecule has 1 fully saturated rings. The first-order valence-electron chi connectivity index (χ1n) is 13.5. The molecule has 5 atom stereocenters. The number of carboxylic acid groups (broad SMARTS) is 1. The Bertz CT molecular complexity index is 1410. The summed E-state index contributed by atoms with van der Waals surface area (Å²) in [5.74, 6) is -2.35. The van der Waals surface area contributed by atoms with Crippen molar-refractivity contribution in [3.8, 4) is 11.5 Å². The fraction of sp³-hybridized carbons (Fsp3) is 0.433. The number of phenolic OH excluding ortho intramolecular Hbond substituents is 1. The van der Waals surface area contributed by atoms with Crippen LogP contribution in [0.2, 0.25) is 0 Å². The highest BCUT2D eigenvalue weighted by molar-refractivity contribution is 5.82. The fourth-order valence-corrected chi connectivity index (χ4v) is 7.16. The summed E-state index contributed by atoms with van der Waals surface area (Å²) in [6.45, 7) is 0.786. The van der Waals surface area contributed by atoms with Crippen LogP contribution in [0.4, 0.5) is 0 Å². The van der Waals surface area contributed by atoms with Crippen LogP contribution >= 0.6 is 0 Å². The van der Waals surface area contributed by atoms with Gasteiger partial charge in [0, 0.05) is 23.6 Å². The number of aliphatic hydroxyl groups is 1. The molecule has 40 heavy (non-hydrogen) atoms. The lowest BCUT2D eigenvalue weighted by Gasteiger charge is -2.56. The molecule has 0 amide bonds. The molecule has 4 aliphatic rings. The number of aromatic hydroxyl groups is 1. The average molecular weight is 550 g/mol. The predicted octanol–water partition coefficient (Wildman–Crippen LogP) is 2.75. The van der Waals surface area contributed by atoms with Crippen LogP contribution in [0.5, 0.6) is 11.5 Å². The second-order valence-corrected chi connectivity index (χ2v) is 11.0. The van der Waals surface area contributed by atoms with Crippen molar-refractivity contribution in [2.45, 2.75) is 67.8 Å². The molecule has 6 rings (SSSR count). The molecular formula is C30H31NO9. The summed E-state index contributed by atoms with van der Waals surface area (Å²) >= 11 is 0. The number of carbonyl (C=O) groups is 3. The monoisotopic (exact) mass is 549 g/mol. The second kappa shape index (κ2) is 9.64. The lowest BCUT2D eigenvalue weighted by molar-refractivity contribution is -0.165. The molecule has 0 unspecified atom stereocenters. The van der Waals surface area contributed by atoms with E-state index in [9.17, 15) is 29.7 Å². The SMILES string of the molecule is CN1CCC[C@]23c4c5ccc(O)c4O[C@H]2C(OC(=O)CCC(=O)O[C@H](C(=O)O)c2ccccc2)=CC[C@@]3(O)[C@H]1C5. The van der Waals surface area contributed by atoms with Gasteiger partial charge in [-0.25, -0.2) is 4.79 Å². The molecule has 2 aliphatic heterocycles. The van der Waals surface area contributed by atoms with Crippen molar-refractivity contribution in [2.24, 2.45) is 0 Å². The van der Waals surface area contributed by atoms with Crippen molar-refractivity contribution in [2.75, 3.05) is 13.6 Å². The Morgan fingerprint density at radius 1 is 1.12 bits per heavy atom. The summed E-state index contributed by atoms with van der Waals surface area (Å²) in [7, 11) is 2.00. The molecule has 10 heteroatoms. The molecule has 0 saturated carbocycles. The topological polar surface area (TPSA) is 143 Å². The van der Waals surface area contributed by atoms with Gasteiger partial charge in [-0.15, -0.1) is 0 Å². The maximum Gasteiger partial charge on any atom is 0.349 e. The first kappa shape index (κ1) is 26.3. The Morgan fingerprint density at radius 2 is 1.88 bits per heavy atom. The van der Waals surface area contributed by atoms with Crippen molar-refractivity contribution < 1.29 is 43.9 Å². The lowest BCUT2D eigenvalue weighted by atomic mass is 9.52. The Labute approximate surface area is 230 Å². The van der Waals surface area contributed by atoms with Crippen LogP contribution in [0.25, 0.3) is 0 Å². The number of carbonyl (C=O) groups excluding carboxylic acids is 2. The Morgan fingerprint density at radius 3 is 2.62 bits per heavy atom. The van der Waals surface area contributed by atoms with Crippen LogP contribution in [-0.4, -0.2) is 69.5 Å². The van der Waals surface area contributed by atoms with Crippen molar-refractivity contribution in [1.29, 1.82) is 0 Å². The zero-order valence-electron chi connectivity index (χ0n) is 22.0. The van der Waals surface area contributed by atoms with Gasteiger partial charge in [0.25, 0.3) is 0 Å². The third kappa shape index (κ3) is 3.88. The molecule has 2 aromatic carbocycles. The third-order valence-corrected chi connectivity index (χ3v) is 8.92. The average Bonchev–Trinajstić information content (AvgIpc) is 3.28. The van der Waals surface area contributed by atoms with Crippen molar-refractivity contribution >= 4 is 17.9 Å². The van der Waals surface area contributed by atoms with E-state index in [1.807, 2.05) is 13.1 Å². The lowest BCUT2D eigenvalue weighted by Crippen LogP contribution is -2.69. The number of benzene rings is 2. The third-order valence-electron chi connectivity index (χ3n) is 8.92. The van der Waals surface area contributed by atoms with Gasteiger partial charge in [0.05, 0.1) is 23.9 Å². The van der Waals surface area contributed by atoms with Crippen molar-refractivity contribution in [3.05, 3.63) is 71.0 Å². The van der Waals surface area contributed by atoms with Crippen LogP contribution < -0.4 is 4.74 Å². The van der Waals surface area contributed by atoms with Crippen LogP contribution in [0.3, 0.4) is 0 Å². The number of likely N-dealkylation sites (N-methyl/N-ethyl adjacent to an activating group) is 1. The molecule has 210 valence electrons. The number of ether oxygens (including phenoxy) is 3. The van der Waals surface area contributed by atoms with Gasteiger partial charge >= 0.3 is 17.9 Å². The zero-order valence-corrected chi connectivity index (χ0v) is 22.0. The maximum absolute atomic E-state index is 12.9. The van der Waals surface area contributed by atoms with E-state index in [0.29, 0.717) is 24.2 Å². The molecule has 3 N–H and O–H groups in total. The molecule has 10 nitrogen and oxygen atoms in total. The number of carboxylic acids is 1. The molecule has 2 aliphatic carbocycles. The summed E-state index contributed by atoms with van der Waals surface area (Å²) in [5, 5.41) is 32.5. The highest BCUT2D eigenvalue weighted by atomic mass is 16.6. The number of esters is 2. The Kier molecular flexibility index (Phi) is 6.35. The van der Waals surface area contributed by atoms with E-state index in [4.69, 9.17) is 14.2 Å². The molecule has 2 aromatic rings. The fourth-order valence-electron chi connectivity index (χ4n) is 7.16. The summed E-state index contributed by atoms with van der Waals surface area (Å²) in [6, 6.07) is 11.4. The molecule has 2 heterocycles. The van der Waals surface area contributed by atoms with Gasteiger partial charge in [0.1, 0.15) is 5.76 Å². The van der Waals surface area contributed by atoms with Gasteiger partial charge < -0.3 is 34.4 Å². The first-order valence-corrected chi connectivity index (χ1v) is 13.5. The normalized spacial score (nSPS) is 28.8. The van der Waals surface area contributed by atoms with Gasteiger partial charge in [0.15, 0.2) is 17.6 Å². The minimum Gasteiger partial charge on any atom is -0.504 e. The smallest absolute Gasteiger partial charge is 0.349 e. The van der Waals surface area contributed by atoms with Crippen molar-refractivity contribution in [3.63, 3.8) is 0 Å². The van der Waals surface area contributed by atoms with Crippen LogP contribution in [-0.2, 0) is 35.7 Å². The summed E-state index contributed by atoms with van der Waals surface area (Å²) < 4.78 is 17.2. The van der Waals surface area contributed by atoms with Crippen LogP contribution in [0, 0.1) is 0 Å². The predicted molar refractivity (Wildman–Crippen MR) is 139 cm³/mol. The number of likely N-dealkylation sites (tertiary alicyclic amines) is 1. The van der Waals surface area contributed by atoms with E-state index in [2.05, 4.69) is 4.90 Å². The largest absolute Gasteiger partial charge is 0.504 e. The van der Waals surface area contributed by atoms with Crippen LogP contribution in [0.1, 0.15) is 54.9 Å². The van der Waals surface area contributed by atoms with Gasteiger partial charge in [-0.2, -0.15) is 0 Å². The van der Waals surface area contributed by atoms with Gasteiger partial charge in [0.2, 0.25) is 6.10 Å². The number of hydrogen-bond donors (Lipinski definition) is 3.